The summed E-state index contributed by atoms with van der Waals surface area (Å²) in [5, 5.41) is 7.86. The van der Waals surface area contributed by atoms with Crippen molar-refractivity contribution in [1.29, 1.82) is 0 Å². The van der Waals surface area contributed by atoms with Crippen molar-refractivity contribution in [3.8, 4) is 11.4 Å². The average Bonchev–Trinajstić information content (AvgIpc) is 3.02. The summed E-state index contributed by atoms with van der Waals surface area (Å²) < 4.78 is 30.4. The van der Waals surface area contributed by atoms with Crippen LogP contribution in [-0.4, -0.2) is 19.6 Å². The van der Waals surface area contributed by atoms with Gasteiger partial charge in [0.25, 0.3) is 0 Å². The minimum atomic E-state index is -0.564. The standard InChI is InChI=1S/C12H8F2N4/c13-9-3-4-10(14)12(18-8-2-6-16-18)11(9)17-7-1-5-15-17/h1-8H. The second-order valence-corrected chi connectivity index (χ2v) is 3.63. The molecule has 0 aliphatic carbocycles. The molecule has 90 valence electrons. The first-order chi connectivity index (χ1) is 8.77. The van der Waals surface area contributed by atoms with Crippen molar-refractivity contribution < 1.29 is 8.78 Å². The Bertz CT molecular complexity index is 600. The van der Waals surface area contributed by atoms with Crippen LogP contribution in [0.4, 0.5) is 8.78 Å². The Labute approximate surface area is 101 Å². The van der Waals surface area contributed by atoms with Crippen LogP contribution in [0.5, 0.6) is 0 Å². The first kappa shape index (κ1) is 10.6. The number of hydrogen-bond donors (Lipinski definition) is 0. The van der Waals surface area contributed by atoms with Crippen molar-refractivity contribution in [1.82, 2.24) is 19.6 Å². The number of hydrogen-bond acceptors (Lipinski definition) is 2. The first-order valence-electron chi connectivity index (χ1n) is 5.25. The van der Waals surface area contributed by atoms with Gasteiger partial charge in [-0.2, -0.15) is 10.2 Å². The van der Waals surface area contributed by atoms with Gasteiger partial charge in [-0.25, -0.2) is 18.1 Å². The average molecular weight is 246 g/mol. The Morgan fingerprint density at radius 1 is 0.778 bits per heavy atom. The molecule has 0 spiro atoms. The molecule has 2 aromatic heterocycles. The lowest BCUT2D eigenvalue weighted by Gasteiger charge is -2.11. The van der Waals surface area contributed by atoms with E-state index < -0.39 is 11.6 Å². The van der Waals surface area contributed by atoms with Crippen LogP contribution in [0.2, 0.25) is 0 Å². The molecule has 0 atom stereocenters. The molecular formula is C12H8F2N4. The SMILES string of the molecule is Fc1ccc(F)c(-n2cccn2)c1-n1cccn1. The molecule has 0 radical (unpaired) electrons. The second-order valence-electron chi connectivity index (χ2n) is 3.63. The summed E-state index contributed by atoms with van der Waals surface area (Å²) >= 11 is 0. The van der Waals surface area contributed by atoms with Gasteiger partial charge in [0.05, 0.1) is 0 Å². The van der Waals surface area contributed by atoms with Gasteiger partial charge in [0.2, 0.25) is 0 Å². The lowest BCUT2D eigenvalue weighted by atomic mass is 10.2. The maximum atomic E-state index is 13.9. The van der Waals surface area contributed by atoms with Crippen molar-refractivity contribution in [3.05, 3.63) is 60.7 Å². The quantitative estimate of drug-likeness (QED) is 0.695. The molecule has 2 heterocycles. The number of rotatable bonds is 2. The molecular weight excluding hydrogens is 238 g/mol. The van der Waals surface area contributed by atoms with E-state index in [1.165, 1.54) is 21.8 Å². The highest BCUT2D eigenvalue weighted by Gasteiger charge is 2.17. The fourth-order valence-corrected chi connectivity index (χ4v) is 1.77. The van der Waals surface area contributed by atoms with E-state index in [9.17, 15) is 8.78 Å². The van der Waals surface area contributed by atoms with E-state index in [0.717, 1.165) is 12.1 Å². The van der Waals surface area contributed by atoms with Crippen molar-refractivity contribution in [3.63, 3.8) is 0 Å². The zero-order valence-corrected chi connectivity index (χ0v) is 9.16. The van der Waals surface area contributed by atoms with Crippen molar-refractivity contribution >= 4 is 0 Å². The van der Waals surface area contributed by atoms with E-state index in [2.05, 4.69) is 10.2 Å². The molecule has 0 saturated carbocycles. The van der Waals surface area contributed by atoms with E-state index >= 15 is 0 Å². The molecule has 4 nitrogen and oxygen atoms in total. The first-order valence-corrected chi connectivity index (χ1v) is 5.25. The molecule has 0 amide bonds. The topological polar surface area (TPSA) is 35.6 Å². The highest BCUT2D eigenvalue weighted by atomic mass is 19.1. The van der Waals surface area contributed by atoms with Crippen molar-refractivity contribution in [2.24, 2.45) is 0 Å². The van der Waals surface area contributed by atoms with Gasteiger partial charge >= 0.3 is 0 Å². The molecule has 3 rings (SSSR count). The van der Waals surface area contributed by atoms with Gasteiger partial charge in [-0.15, -0.1) is 0 Å². The van der Waals surface area contributed by atoms with Gasteiger partial charge in [0, 0.05) is 24.8 Å². The van der Waals surface area contributed by atoms with Gasteiger partial charge in [-0.3, -0.25) is 0 Å². The van der Waals surface area contributed by atoms with Crippen molar-refractivity contribution in [2.45, 2.75) is 0 Å². The normalized spacial score (nSPS) is 10.8. The minimum Gasteiger partial charge on any atom is -0.236 e. The lowest BCUT2D eigenvalue weighted by Crippen LogP contribution is -2.09. The zero-order valence-electron chi connectivity index (χ0n) is 9.16. The van der Waals surface area contributed by atoms with Crippen LogP contribution in [0.1, 0.15) is 0 Å². The van der Waals surface area contributed by atoms with Gasteiger partial charge in [-0.1, -0.05) is 0 Å². The fraction of sp³-hybridized carbons (Fsp3) is 0. The zero-order chi connectivity index (χ0) is 12.5. The summed E-state index contributed by atoms with van der Waals surface area (Å²) in [5.74, 6) is -1.13. The van der Waals surface area contributed by atoms with E-state index in [1.54, 1.807) is 24.5 Å². The third-order valence-electron chi connectivity index (χ3n) is 2.52. The second kappa shape index (κ2) is 4.06. The van der Waals surface area contributed by atoms with Crippen LogP contribution >= 0.6 is 0 Å². The molecule has 3 aromatic rings. The summed E-state index contributed by atoms with van der Waals surface area (Å²) in [6.07, 6.45) is 6.09. The van der Waals surface area contributed by atoms with Crippen LogP contribution in [0, 0.1) is 11.6 Å². The van der Waals surface area contributed by atoms with E-state index in [1.807, 2.05) is 0 Å². The largest absolute Gasteiger partial charge is 0.236 e. The molecule has 0 fully saturated rings. The Kier molecular flexibility index (Phi) is 2.40. The van der Waals surface area contributed by atoms with E-state index in [-0.39, 0.29) is 11.4 Å². The van der Waals surface area contributed by atoms with Crippen LogP contribution in [0.15, 0.2) is 49.1 Å². The predicted octanol–water partition coefficient (Wildman–Crippen LogP) is 2.34. The Hall–Kier alpha value is -2.50. The maximum absolute atomic E-state index is 13.9. The molecule has 0 aliphatic heterocycles. The van der Waals surface area contributed by atoms with Gasteiger partial charge in [0.15, 0.2) is 11.6 Å². The molecule has 18 heavy (non-hydrogen) atoms. The summed E-state index contributed by atoms with van der Waals surface area (Å²) in [7, 11) is 0. The van der Waals surface area contributed by atoms with Crippen LogP contribution in [0.25, 0.3) is 11.4 Å². The van der Waals surface area contributed by atoms with Gasteiger partial charge in [0.1, 0.15) is 11.4 Å². The van der Waals surface area contributed by atoms with Gasteiger partial charge in [-0.05, 0) is 24.3 Å². The van der Waals surface area contributed by atoms with E-state index in [4.69, 9.17) is 0 Å². The number of aromatic nitrogens is 4. The monoisotopic (exact) mass is 246 g/mol. The molecule has 0 saturated heterocycles. The summed E-state index contributed by atoms with van der Waals surface area (Å²) in [4.78, 5) is 0. The summed E-state index contributed by atoms with van der Waals surface area (Å²) in [6.45, 7) is 0. The Morgan fingerprint density at radius 3 is 1.56 bits per heavy atom. The highest BCUT2D eigenvalue weighted by Crippen LogP contribution is 2.24. The number of halogens is 2. The van der Waals surface area contributed by atoms with Gasteiger partial charge < -0.3 is 0 Å². The molecule has 0 aliphatic rings. The lowest BCUT2D eigenvalue weighted by molar-refractivity contribution is 0.574. The smallest absolute Gasteiger partial charge is 0.151 e. The predicted molar refractivity (Wildman–Crippen MR) is 60.6 cm³/mol. The number of nitrogens with zero attached hydrogens (tertiary/aromatic N) is 4. The molecule has 0 N–H and O–H groups in total. The minimum absolute atomic E-state index is 0.0312. The van der Waals surface area contributed by atoms with Crippen LogP contribution < -0.4 is 0 Å². The van der Waals surface area contributed by atoms with Crippen LogP contribution in [0.3, 0.4) is 0 Å². The third kappa shape index (κ3) is 1.58. The summed E-state index contributed by atoms with van der Waals surface area (Å²) in [6, 6.07) is 5.41. The molecule has 0 bridgehead atoms. The van der Waals surface area contributed by atoms with Crippen LogP contribution in [-0.2, 0) is 0 Å². The van der Waals surface area contributed by atoms with E-state index in [0.29, 0.717) is 0 Å². The molecule has 1 aromatic carbocycles. The number of benzene rings is 1. The Morgan fingerprint density at radius 2 is 1.22 bits per heavy atom. The molecule has 0 unspecified atom stereocenters. The third-order valence-corrected chi connectivity index (χ3v) is 2.52. The highest BCUT2D eigenvalue weighted by molar-refractivity contribution is 5.53. The Balaban J connectivity index is 2.33. The summed E-state index contributed by atoms with van der Waals surface area (Å²) in [5.41, 5.74) is 0.0624. The molecule has 6 heteroatoms. The van der Waals surface area contributed by atoms with Crippen molar-refractivity contribution in [2.75, 3.05) is 0 Å². The fourth-order valence-electron chi connectivity index (χ4n) is 1.77. The maximum Gasteiger partial charge on any atom is 0.151 e.